The third-order valence-corrected chi connectivity index (χ3v) is 3.60. The van der Waals surface area contributed by atoms with Gasteiger partial charge in [0.25, 0.3) is 0 Å². The van der Waals surface area contributed by atoms with E-state index < -0.39 is 0 Å². The van der Waals surface area contributed by atoms with Crippen molar-refractivity contribution in [3.05, 3.63) is 73.2 Å². The molecule has 0 N–H and O–H groups in total. The Labute approximate surface area is 111 Å². The summed E-state index contributed by atoms with van der Waals surface area (Å²) in [5, 5.41) is 5.11. The van der Waals surface area contributed by atoms with Gasteiger partial charge in [0, 0.05) is 5.56 Å². The van der Waals surface area contributed by atoms with Gasteiger partial charge in [-0.3, -0.25) is 0 Å². The lowest BCUT2D eigenvalue weighted by molar-refractivity contribution is 0.568. The Hall–Kier alpha value is -2.54. The number of rotatable bonds is 1. The van der Waals surface area contributed by atoms with Crippen molar-refractivity contribution in [1.82, 2.24) is 0 Å². The number of benzene rings is 3. The molecule has 1 heterocycles. The molecule has 0 saturated carbocycles. The predicted molar refractivity (Wildman–Crippen MR) is 79.2 cm³/mol. The molecule has 0 aliphatic rings. The van der Waals surface area contributed by atoms with Crippen LogP contribution in [0.15, 0.2) is 77.6 Å². The van der Waals surface area contributed by atoms with Gasteiger partial charge in [0.2, 0.25) is 0 Å². The first-order valence-electron chi connectivity index (χ1n) is 6.36. The molecule has 3 aromatic carbocycles. The van der Waals surface area contributed by atoms with Crippen molar-refractivity contribution < 1.29 is 4.42 Å². The van der Waals surface area contributed by atoms with Gasteiger partial charge in [-0.1, -0.05) is 48.5 Å². The summed E-state index contributed by atoms with van der Waals surface area (Å²) < 4.78 is 5.23. The Morgan fingerprint density at radius 1 is 0.684 bits per heavy atom. The maximum atomic E-state index is 5.23. The van der Waals surface area contributed by atoms with E-state index in [-0.39, 0.29) is 0 Å². The second-order valence-corrected chi connectivity index (χ2v) is 4.70. The molecule has 1 aromatic heterocycles. The van der Waals surface area contributed by atoms with Crippen LogP contribution in [0.5, 0.6) is 0 Å². The summed E-state index contributed by atoms with van der Waals surface area (Å²) in [5.74, 6) is 0. The highest BCUT2D eigenvalue weighted by Gasteiger charge is 2.08. The van der Waals surface area contributed by atoms with Gasteiger partial charge in [-0.05, 0) is 39.2 Å². The maximum Gasteiger partial charge on any atom is 0.0981 e. The molecule has 0 radical (unpaired) electrons. The number of hydrogen-bond acceptors (Lipinski definition) is 1. The molecule has 0 amide bonds. The first-order valence-corrected chi connectivity index (χ1v) is 6.36. The molecule has 0 saturated heterocycles. The lowest BCUT2D eigenvalue weighted by atomic mass is 9.94. The number of fused-ring (bicyclic) bond motifs is 3. The molecule has 4 aromatic rings. The maximum absolute atomic E-state index is 5.23. The van der Waals surface area contributed by atoms with E-state index in [1.54, 1.807) is 12.5 Å². The minimum absolute atomic E-state index is 1.13. The van der Waals surface area contributed by atoms with E-state index in [9.17, 15) is 0 Å². The van der Waals surface area contributed by atoms with Crippen molar-refractivity contribution in [2.45, 2.75) is 0 Å². The highest BCUT2D eigenvalue weighted by molar-refractivity contribution is 6.13. The van der Waals surface area contributed by atoms with Crippen LogP contribution < -0.4 is 0 Å². The topological polar surface area (TPSA) is 13.1 Å². The van der Waals surface area contributed by atoms with Crippen molar-refractivity contribution in [2.24, 2.45) is 0 Å². The summed E-state index contributed by atoms with van der Waals surface area (Å²) in [4.78, 5) is 0. The van der Waals surface area contributed by atoms with E-state index in [1.165, 1.54) is 27.1 Å². The molecule has 4 rings (SSSR count). The molecule has 0 aliphatic carbocycles. The first kappa shape index (κ1) is 10.4. The third kappa shape index (κ3) is 1.55. The molecule has 0 aliphatic heterocycles. The van der Waals surface area contributed by atoms with Crippen LogP contribution in [-0.2, 0) is 0 Å². The second-order valence-electron chi connectivity index (χ2n) is 4.70. The van der Waals surface area contributed by atoms with Crippen LogP contribution in [0.1, 0.15) is 0 Å². The summed E-state index contributed by atoms with van der Waals surface area (Å²) in [6.07, 6.45) is 3.52. The van der Waals surface area contributed by atoms with E-state index in [2.05, 4.69) is 54.6 Å². The average molecular weight is 244 g/mol. The zero-order valence-electron chi connectivity index (χ0n) is 10.3. The van der Waals surface area contributed by atoms with Gasteiger partial charge >= 0.3 is 0 Å². The zero-order chi connectivity index (χ0) is 12.7. The Morgan fingerprint density at radius 3 is 2.21 bits per heavy atom. The van der Waals surface area contributed by atoms with E-state index in [4.69, 9.17) is 4.42 Å². The summed E-state index contributed by atoms with van der Waals surface area (Å²) in [6, 6.07) is 21.3. The van der Waals surface area contributed by atoms with Crippen LogP contribution >= 0.6 is 0 Å². The van der Waals surface area contributed by atoms with Crippen molar-refractivity contribution >= 4 is 21.5 Å². The Morgan fingerprint density at radius 2 is 1.42 bits per heavy atom. The van der Waals surface area contributed by atoms with E-state index in [0.717, 1.165) is 5.56 Å². The minimum atomic E-state index is 1.13. The molecule has 19 heavy (non-hydrogen) atoms. The van der Waals surface area contributed by atoms with Gasteiger partial charge in [-0.2, -0.15) is 0 Å². The Balaban J connectivity index is 2.22. The standard InChI is InChI=1S/C18H12O/c1-2-6-15-13(5-1)11-18(14-9-10-19-12-14)17-8-4-3-7-16(15)17/h1-12H. The summed E-state index contributed by atoms with van der Waals surface area (Å²) in [6.45, 7) is 0. The van der Waals surface area contributed by atoms with Gasteiger partial charge in [0.05, 0.1) is 12.5 Å². The molecular weight excluding hydrogens is 232 g/mol. The molecule has 1 nitrogen and oxygen atoms in total. The van der Waals surface area contributed by atoms with Crippen LogP contribution in [-0.4, -0.2) is 0 Å². The van der Waals surface area contributed by atoms with Gasteiger partial charge in [0.15, 0.2) is 0 Å². The molecule has 0 bridgehead atoms. The van der Waals surface area contributed by atoms with Crippen LogP contribution in [0.25, 0.3) is 32.7 Å². The lowest BCUT2D eigenvalue weighted by Gasteiger charge is -2.09. The highest BCUT2D eigenvalue weighted by atomic mass is 16.3. The SMILES string of the molecule is c1ccc2c(c1)cc(-c1ccoc1)c1ccccc12. The monoisotopic (exact) mass is 244 g/mol. The van der Waals surface area contributed by atoms with Crippen LogP contribution in [0, 0.1) is 0 Å². The Kier molecular flexibility index (Phi) is 2.18. The van der Waals surface area contributed by atoms with Gasteiger partial charge < -0.3 is 4.42 Å². The van der Waals surface area contributed by atoms with Crippen LogP contribution in [0.3, 0.4) is 0 Å². The molecule has 0 fully saturated rings. The molecule has 0 atom stereocenters. The normalized spacial score (nSPS) is 11.2. The second kappa shape index (κ2) is 3.99. The van der Waals surface area contributed by atoms with Crippen LogP contribution in [0.4, 0.5) is 0 Å². The van der Waals surface area contributed by atoms with Gasteiger partial charge in [-0.15, -0.1) is 0 Å². The van der Waals surface area contributed by atoms with Crippen molar-refractivity contribution in [1.29, 1.82) is 0 Å². The molecular formula is C18H12O. The minimum Gasteiger partial charge on any atom is -0.472 e. The van der Waals surface area contributed by atoms with E-state index in [0.29, 0.717) is 0 Å². The van der Waals surface area contributed by atoms with Crippen molar-refractivity contribution in [3.63, 3.8) is 0 Å². The fourth-order valence-corrected chi connectivity index (χ4v) is 2.71. The molecule has 0 unspecified atom stereocenters. The predicted octanol–water partition coefficient (Wildman–Crippen LogP) is 5.25. The summed E-state index contributed by atoms with van der Waals surface area (Å²) in [7, 11) is 0. The average Bonchev–Trinajstić information content (AvgIpc) is 3.00. The quantitative estimate of drug-likeness (QED) is 0.417. The van der Waals surface area contributed by atoms with E-state index >= 15 is 0 Å². The fourth-order valence-electron chi connectivity index (χ4n) is 2.71. The van der Waals surface area contributed by atoms with E-state index in [1.807, 2.05) is 6.07 Å². The van der Waals surface area contributed by atoms with Gasteiger partial charge in [0.1, 0.15) is 0 Å². The largest absolute Gasteiger partial charge is 0.472 e. The summed E-state index contributed by atoms with van der Waals surface area (Å²) >= 11 is 0. The third-order valence-electron chi connectivity index (χ3n) is 3.60. The van der Waals surface area contributed by atoms with Crippen LogP contribution in [0.2, 0.25) is 0 Å². The first-order chi connectivity index (χ1) is 9.43. The van der Waals surface area contributed by atoms with Crippen molar-refractivity contribution in [3.8, 4) is 11.1 Å². The highest BCUT2D eigenvalue weighted by Crippen LogP contribution is 2.34. The number of furan rings is 1. The molecule has 0 spiro atoms. The lowest BCUT2D eigenvalue weighted by Crippen LogP contribution is -1.82. The molecule has 1 heteroatoms. The summed E-state index contributed by atoms with van der Waals surface area (Å²) in [5.41, 5.74) is 2.35. The van der Waals surface area contributed by atoms with Gasteiger partial charge in [-0.25, -0.2) is 0 Å². The fraction of sp³-hybridized carbons (Fsp3) is 0. The molecule has 90 valence electrons. The van der Waals surface area contributed by atoms with Crippen molar-refractivity contribution in [2.75, 3.05) is 0 Å². The smallest absolute Gasteiger partial charge is 0.0981 e. The Bertz CT molecular complexity index is 857. The number of hydrogen-bond donors (Lipinski definition) is 0. The zero-order valence-corrected chi connectivity index (χ0v) is 10.3.